The second-order valence-electron chi connectivity index (χ2n) is 10.5. The summed E-state index contributed by atoms with van der Waals surface area (Å²) in [5, 5.41) is 18.5. The van der Waals surface area contributed by atoms with E-state index >= 15 is 0 Å². The summed E-state index contributed by atoms with van der Waals surface area (Å²) in [6.45, 7) is 1.22. The maximum Gasteiger partial charge on any atom is 0.307 e. The van der Waals surface area contributed by atoms with E-state index in [0.29, 0.717) is 25.0 Å². The summed E-state index contributed by atoms with van der Waals surface area (Å²) in [7, 11) is 2.58. The van der Waals surface area contributed by atoms with Crippen molar-refractivity contribution in [1.29, 1.82) is 0 Å². The van der Waals surface area contributed by atoms with Crippen molar-refractivity contribution in [3.63, 3.8) is 0 Å². The van der Waals surface area contributed by atoms with Gasteiger partial charge in [-0.05, 0) is 75.0 Å². The molecule has 4 aliphatic rings. The van der Waals surface area contributed by atoms with Crippen LogP contribution >= 0.6 is 0 Å². The van der Waals surface area contributed by atoms with Crippen molar-refractivity contribution in [1.82, 2.24) is 0 Å². The standard InChI is InChI=1S/2C13H20O5/c2*1-17-12(14)7-10(13(15)16)9-4-5-18-11(6-9)8-2-3-8/h2*8-11H,2-7H2,1H3,(H,15,16)/t9-,10-,11+;9-,10-,11-/m11/s1. The van der Waals surface area contributed by atoms with Gasteiger partial charge in [0.15, 0.2) is 0 Å². The zero-order valence-corrected chi connectivity index (χ0v) is 21.3. The fraction of sp³-hybridized carbons (Fsp3) is 0.846. The highest BCUT2D eigenvalue weighted by Gasteiger charge is 2.41. The Balaban J connectivity index is 0.000000201. The van der Waals surface area contributed by atoms with Crippen LogP contribution in [0, 0.1) is 35.5 Å². The maximum atomic E-state index is 11.3. The van der Waals surface area contributed by atoms with Crippen LogP contribution in [0.3, 0.4) is 0 Å². The van der Waals surface area contributed by atoms with Crippen LogP contribution in [0.5, 0.6) is 0 Å². The Bertz CT molecular complexity index is 711. The molecule has 2 N–H and O–H groups in total. The summed E-state index contributed by atoms with van der Waals surface area (Å²) in [6, 6.07) is 0. The second-order valence-corrected chi connectivity index (χ2v) is 10.5. The molecular weight excluding hydrogens is 472 g/mol. The third-order valence-corrected chi connectivity index (χ3v) is 8.01. The second kappa shape index (κ2) is 13.4. The molecule has 0 spiro atoms. The quantitative estimate of drug-likeness (QED) is 0.419. The van der Waals surface area contributed by atoms with Gasteiger partial charge in [-0.3, -0.25) is 19.2 Å². The van der Waals surface area contributed by atoms with Gasteiger partial charge in [0.2, 0.25) is 0 Å². The van der Waals surface area contributed by atoms with Crippen LogP contribution in [0.4, 0.5) is 0 Å². The van der Waals surface area contributed by atoms with Gasteiger partial charge in [0.25, 0.3) is 0 Å². The number of esters is 2. The van der Waals surface area contributed by atoms with Crippen molar-refractivity contribution in [2.75, 3.05) is 27.4 Å². The predicted octanol–water partition coefficient (Wildman–Crippen LogP) is 2.91. The molecule has 6 atom stereocenters. The molecular formula is C26H40O10. The average molecular weight is 513 g/mol. The van der Waals surface area contributed by atoms with E-state index in [2.05, 4.69) is 9.47 Å². The van der Waals surface area contributed by atoms with Crippen molar-refractivity contribution >= 4 is 23.9 Å². The summed E-state index contributed by atoms with van der Waals surface area (Å²) in [5.74, 6) is -2.69. The number of hydrogen-bond donors (Lipinski definition) is 2. The molecule has 10 nitrogen and oxygen atoms in total. The number of ether oxygens (including phenoxy) is 4. The lowest BCUT2D eigenvalue weighted by Crippen LogP contribution is -2.35. The lowest BCUT2D eigenvalue weighted by Gasteiger charge is -2.32. The summed E-state index contributed by atoms with van der Waals surface area (Å²) < 4.78 is 20.5. The third-order valence-electron chi connectivity index (χ3n) is 8.01. The lowest BCUT2D eigenvalue weighted by atomic mass is 9.81. The Hall–Kier alpha value is -2.20. The molecule has 204 valence electrons. The molecule has 2 heterocycles. The van der Waals surface area contributed by atoms with Gasteiger partial charge in [0, 0.05) is 13.2 Å². The molecule has 0 aromatic rings. The Labute approximate surface area is 212 Å². The molecule has 2 aliphatic carbocycles. The van der Waals surface area contributed by atoms with Crippen molar-refractivity contribution in [2.24, 2.45) is 35.5 Å². The van der Waals surface area contributed by atoms with E-state index in [-0.39, 0.29) is 36.9 Å². The zero-order valence-electron chi connectivity index (χ0n) is 21.3. The highest BCUT2D eigenvalue weighted by atomic mass is 16.5. The Morgan fingerprint density at radius 3 is 1.33 bits per heavy atom. The SMILES string of the molecule is COC(=O)C[C@@H](C(=O)O)[C@@H]1CCO[C@@H](C2CC2)C1.COC(=O)C[C@@H](C(=O)O)[C@@H]1CCO[C@H](C2CC2)C1. The Morgan fingerprint density at radius 2 is 1.06 bits per heavy atom. The van der Waals surface area contributed by atoms with Crippen molar-refractivity contribution in [2.45, 2.75) is 76.4 Å². The highest BCUT2D eigenvalue weighted by molar-refractivity contribution is 5.79. The fourth-order valence-corrected chi connectivity index (χ4v) is 5.47. The number of carboxylic acid groups (broad SMARTS) is 2. The van der Waals surface area contributed by atoms with Gasteiger partial charge in [0.1, 0.15) is 0 Å². The van der Waals surface area contributed by atoms with Crippen LogP contribution in [0.2, 0.25) is 0 Å². The minimum absolute atomic E-state index is 0.0287. The first kappa shape index (κ1) is 28.4. The van der Waals surface area contributed by atoms with Crippen LogP contribution in [-0.4, -0.2) is 73.7 Å². The Morgan fingerprint density at radius 1 is 0.694 bits per heavy atom. The molecule has 0 radical (unpaired) electrons. The topological polar surface area (TPSA) is 146 Å². The van der Waals surface area contributed by atoms with E-state index in [1.807, 2.05) is 0 Å². The van der Waals surface area contributed by atoms with Crippen molar-refractivity contribution < 1.29 is 48.3 Å². The van der Waals surface area contributed by atoms with Gasteiger partial charge in [0.05, 0.1) is 51.1 Å². The minimum atomic E-state index is -0.901. The third kappa shape index (κ3) is 8.44. The normalized spacial score (nSPS) is 29.6. The number of carbonyl (C=O) groups excluding carboxylic acids is 2. The largest absolute Gasteiger partial charge is 0.481 e. The summed E-state index contributed by atoms with van der Waals surface area (Å²) in [4.78, 5) is 45.1. The monoisotopic (exact) mass is 512 g/mol. The number of rotatable bonds is 10. The molecule has 0 aromatic heterocycles. The lowest BCUT2D eigenvalue weighted by molar-refractivity contribution is -0.154. The first-order valence-corrected chi connectivity index (χ1v) is 13.1. The average Bonchev–Trinajstić information content (AvgIpc) is 3.78. The first-order valence-electron chi connectivity index (χ1n) is 13.1. The van der Waals surface area contributed by atoms with Crippen molar-refractivity contribution in [3.8, 4) is 0 Å². The van der Waals surface area contributed by atoms with Gasteiger partial charge in [-0.1, -0.05) is 0 Å². The van der Waals surface area contributed by atoms with E-state index in [0.717, 1.165) is 25.7 Å². The highest BCUT2D eigenvalue weighted by Crippen LogP contribution is 2.42. The molecule has 4 fully saturated rings. The predicted molar refractivity (Wildman–Crippen MR) is 126 cm³/mol. The number of hydrogen-bond acceptors (Lipinski definition) is 8. The molecule has 2 saturated carbocycles. The van der Waals surface area contributed by atoms with Crippen molar-refractivity contribution in [3.05, 3.63) is 0 Å². The maximum absolute atomic E-state index is 11.3. The fourth-order valence-electron chi connectivity index (χ4n) is 5.47. The number of methoxy groups -OCH3 is 2. The first-order chi connectivity index (χ1) is 17.2. The Kier molecular flexibility index (Phi) is 10.5. The summed E-state index contributed by atoms with van der Waals surface area (Å²) >= 11 is 0. The van der Waals surface area contributed by atoms with E-state index in [1.165, 1.54) is 39.9 Å². The van der Waals surface area contributed by atoms with Crippen LogP contribution in [0.15, 0.2) is 0 Å². The molecule has 0 amide bonds. The number of aliphatic carboxylic acids is 2. The van der Waals surface area contributed by atoms with Crippen LogP contribution in [0.25, 0.3) is 0 Å². The molecule has 10 heteroatoms. The van der Waals surface area contributed by atoms with E-state index in [9.17, 15) is 29.4 Å². The van der Waals surface area contributed by atoms with E-state index in [1.54, 1.807) is 0 Å². The minimum Gasteiger partial charge on any atom is -0.481 e. The molecule has 0 bridgehead atoms. The molecule has 0 aromatic carbocycles. The van der Waals surface area contributed by atoms with E-state index < -0.39 is 35.7 Å². The summed E-state index contributed by atoms with van der Waals surface area (Å²) in [5.41, 5.74) is 0. The number of carbonyl (C=O) groups is 4. The number of carboxylic acids is 2. The van der Waals surface area contributed by atoms with Crippen LogP contribution in [0.1, 0.15) is 64.2 Å². The van der Waals surface area contributed by atoms with E-state index in [4.69, 9.17) is 9.47 Å². The van der Waals surface area contributed by atoms with Gasteiger partial charge in [-0.25, -0.2) is 0 Å². The van der Waals surface area contributed by atoms with Gasteiger partial charge in [-0.15, -0.1) is 0 Å². The van der Waals surface area contributed by atoms with Crippen LogP contribution < -0.4 is 0 Å². The van der Waals surface area contributed by atoms with Gasteiger partial charge in [-0.2, -0.15) is 0 Å². The molecule has 4 rings (SSSR count). The van der Waals surface area contributed by atoms with Gasteiger partial charge >= 0.3 is 23.9 Å². The zero-order chi connectivity index (χ0) is 26.2. The van der Waals surface area contributed by atoms with Gasteiger partial charge < -0.3 is 29.2 Å². The molecule has 36 heavy (non-hydrogen) atoms. The molecule has 2 aliphatic heterocycles. The molecule has 0 unspecified atom stereocenters. The van der Waals surface area contributed by atoms with Crippen LogP contribution in [-0.2, 0) is 38.1 Å². The summed E-state index contributed by atoms with van der Waals surface area (Å²) in [6.07, 6.45) is 8.04. The molecule has 2 saturated heterocycles. The smallest absolute Gasteiger partial charge is 0.307 e.